The normalized spacial score (nSPS) is 12.6. The fourth-order valence-electron chi connectivity index (χ4n) is 4.56. The highest BCUT2D eigenvalue weighted by Crippen LogP contribution is 2.38. The highest BCUT2D eigenvalue weighted by molar-refractivity contribution is 6.34. The van der Waals surface area contributed by atoms with Gasteiger partial charge in [-0.25, -0.2) is 14.7 Å². The fraction of sp³-hybridized carbons (Fsp3) is 0.0323. The Morgan fingerprint density at radius 2 is 1.69 bits per heavy atom. The van der Waals surface area contributed by atoms with E-state index in [9.17, 15) is 19.5 Å². The minimum absolute atomic E-state index is 0.0312. The van der Waals surface area contributed by atoms with E-state index in [1.54, 1.807) is 24.3 Å². The molecule has 6 rings (SSSR count). The molecule has 1 aliphatic rings. The summed E-state index contributed by atoms with van der Waals surface area (Å²) in [6, 6.07) is 24.3. The van der Waals surface area contributed by atoms with E-state index in [4.69, 9.17) is 9.15 Å². The molecule has 0 radical (unpaired) electrons. The first-order valence-electron chi connectivity index (χ1n) is 12.0. The summed E-state index contributed by atoms with van der Waals surface area (Å²) in [5, 5.41) is 9.31. The van der Waals surface area contributed by atoms with Gasteiger partial charge in [0, 0.05) is 0 Å². The van der Waals surface area contributed by atoms with E-state index in [2.05, 4.69) is 11.6 Å². The van der Waals surface area contributed by atoms with Gasteiger partial charge in [0.05, 0.1) is 27.9 Å². The second-order valence-corrected chi connectivity index (χ2v) is 8.86. The van der Waals surface area contributed by atoms with E-state index in [1.165, 1.54) is 18.2 Å². The molecule has 0 fully saturated rings. The molecule has 8 heteroatoms. The van der Waals surface area contributed by atoms with Crippen LogP contribution in [0.1, 0.15) is 31.1 Å². The molecule has 0 aliphatic carbocycles. The Bertz CT molecular complexity index is 1810. The van der Waals surface area contributed by atoms with Crippen molar-refractivity contribution in [2.75, 3.05) is 11.5 Å². The van der Waals surface area contributed by atoms with Gasteiger partial charge < -0.3 is 14.3 Å². The van der Waals surface area contributed by atoms with Crippen molar-refractivity contribution in [3.63, 3.8) is 0 Å². The van der Waals surface area contributed by atoms with Gasteiger partial charge >= 0.3 is 5.97 Å². The first-order valence-corrected chi connectivity index (χ1v) is 12.0. The maximum Gasteiger partial charge on any atom is 0.335 e. The summed E-state index contributed by atoms with van der Waals surface area (Å²) in [5.41, 5.74) is 4.01. The number of benzene rings is 4. The van der Waals surface area contributed by atoms with Gasteiger partial charge in [-0.1, -0.05) is 49.1 Å². The predicted octanol–water partition coefficient (Wildman–Crippen LogP) is 6.23. The van der Waals surface area contributed by atoms with Gasteiger partial charge in [-0.3, -0.25) is 9.59 Å². The van der Waals surface area contributed by atoms with Crippen LogP contribution in [0.2, 0.25) is 0 Å². The number of ether oxygens (including phenoxy) is 1. The molecule has 0 saturated carbocycles. The third-order valence-corrected chi connectivity index (χ3v) is 6.44. The lowest BCUT2D eigenvalue weighted by Crippen LogP contribution is -2.29. The van der Waals surface area contributed by atoms with Crippen molar-refractivity contribution in [3.8, 4) is 28.3 Å². The Morgan fingerprint density at radius 1 is 0.897 bits per heavy atom. The smallest absolute Gasteiger partial charge is 0.335 e. The fourth-order valence-corrected chi connectivity index (χ4v) is 4.56. The van der Waals surface area contributed by atoms with Crippen LogP contribution >= 0.6 is 0 Å². The summed E-state index contributed by atoms with van der Waals surface area (Å²) in [4.78, 5) is 43.5. The first kappa shape index (κ1) is 23.9. The summed E-state index contributed by atoms with van der Waals surface area (Å²) in [6.45, 7) is 3.91. The van der Waals surface area contributed by atoms with Gasteiger partial charge in [-0.05, 0) is 59.7 Å². The minimum atomic E-state index is -1.19. The second-order valence-electron chi connectivity index (χ2n) is 8.86. The number of carboxylic acid groups (broad SMARTS) is 1. The van der Waals surface area contributed by atoms with Crippen LogP contribution in [0.4, 0.5) is 5.69 Å². The van der Waals surface area contributed by atoms with E-state index >= 15 is 0 Å². The van der Waals surface area contributed by atoms with Crippen molar-refractivity contribution in [2.45, 2.75) is 0 Å². The van der Waals surface area contributed by atoms with Crippen LogP contribution in [0.3, 0.4) is 0 Å². The maximum atomic E-state index is 13.2. The molecule has 8 nitrogen and oxygen atoms in total. The van der Waals surface area contributed by atoms with Crippen LogP contribution in [0.15, 0.2) is 102 Å². The number of carbonyl (C=O) groups is 3. The Balaban J connectivity index is 1.43. The summed E-state index contributed by atoms with van der Waals surface area (Å²) in [7, 11) is 0. The summed E-state index contributed by atoms with van der Waals surface area (Å²) in [6.07, 6.45) is 1.60. The van der Waals surface area contributed by atoms with Crippen molar-refractivity contribution in [2.24, 2.45) is 0 Å². The van der Waals surface area contributed by atoms with Gasteiger partial charge in [-0.15, -0.1) is 0 Å². The second kappa shape index (κ2) is 9.42. The van der Waals surface area contributed by atoms with E-state index in [-0.39, 0.29) is 34.9 Å². The molecule has 0 bridgehead atoms. The molecule has 2 heterocycles. The molecule has 0 unspecified atom stereocenters. The molecule has 5 aromatic rings. The van der Waals surface area contributed by atoms with Crippen LogP contribution in [0.5, 0.6) is 5.75 Å². The molecule has 0 spiro atoms. The SMILES string of the molecule is C=CCOc1ccc(N2C(=O)c3ccc(C(=O)O)cc3C2=O)cc1-c1nc2cc(-c3ccccc3)ccc2o1. The van der Waals surface area contributed by atoms with Crippen molar-refractivity contribution in [1.29, 1.82) is 0 Å². The first-order chi connectivity index (χ1) is 18.9. The average molecular weight is 517 g/mol. The molecule has 2 amide bonds. The predicted molar refractivity (Wildman–Crippen MR) is 145 cm³/mol. The highest BCUT2D eigenvalue weighted by atomic mass is 16.5. The molecule has 39 heavy (non-hydrogen) atoms. The summed E-state index contributed by atoms with van der Waals surface area (Å²) >= 11 is 0. The number of aromatic nitrogens is 1. The van der Waals surface area contributed by atoms with Crippen LogP contribution in [0, 0.1) is 0 Å². The summed E-state index contributed by atoms with van der Waals surface area (Å²) in [5.74, 6) is -1.68. The van der Waals surface area contributed by atoms with Crippen LogP contribution in [0.25, 0.3) is 33.7 Å². The Hall–Kier alpha value is -5.50. The van der Waals surface area contributed by atoms with Crippen molar-refractivity contribution >= 4 is 34.6 Å². The molecule has 1 N–H and O–H groups in total. The van der Waals surface area contributed by atoms with Crippen molar-refractivity contribution in [1.82, 2.24) is 4.98 Å². The largest absolute Gasteiger partial charge is 0.489 e. The Kier molecular flexibility index (Phi) is 5.77. The Labute approximate surface area is 222 Å². The number of carboxylic acids is 1. The number of nitrogens with zero attached hydrogens (tertiary/aromatic N) is 2. The van der Waals surface area contributed by atoms with E-state index in [0.29, 0.717) is 22.4 Å². The quantitative estimate of drug-likeness (QED) is 0.202. The highest BCUT2D eigenvalue weighted by Gasteiger charge is 2.37. The number of aromatic carboxylic acids is 1. The standard InChI is InChI=1S/C31H20N2O6/c1-2-14-38-26-13-10-21(33-29(34)22-11-8-20(31(36)37)15-23(22)30(33)35)17-24(26)28-32-25-16-19(9-12-27(25)39-28)18-6-4-3-5-7-18/h2-13,15-17H,1,14H2,(H,36,37). The number of hydrogen-bond donors (Lipinski definition) is 1. The molecular weight excluding hydrogens is 496 g/mol. The summed E-state index contributed by atoms with van der Waals surface area (Å²) < 4.78 is 11.9. The zero-order valence-corrected chi connectivity index (χ0v) is 20.5. The lowest BCUT2D eigenvalue weighted by atomic mass is 10.1. The molecule has 1 aromatic heterocycles. The topological polar surface area (TPSA) is 110 Å². The number of amides is 2. The zero-order valence-electron chi connectivity index (χ0n) is 20.5. The van der Waals surface area contributed by atoms with Crippen molar-refractivity contribution in [3.05, 3.63) is 114 Å². The van der Waals surface area contributed by atoms with E-state index in [0.717, 1.165) is 16.0 Å². The van der Waals surface area contributed by atoms with Crippen LogP contribution in [-0.4, -0.2) is 34.5 Å². The molecule has 0 atom stereocenters. The molecule has 0 saturated heterocycles. The number of imide groups is 1. The zero-order chi connectivity index (χ0) is 27.1. The lowest BCUT2D eigenvalue weighted by molar-refractivity contribution is 0.0696. The number of oxazole rings is 1. The van der Waals surface area contributed by atoms with E-state index in [1.807, 2.05) is 48.5 Å². The third kappa shape index (κ3) is 4.14. The van der Waals surface area contributed by atoms with Gasteiger partial charge in [0.15, 0.2) is 5.58 Å². The molecule has 4 aromatic carbocycles. The number of carbonyl (C=O) groups excluding carboxylic acids is 2. The lowest BCUT2D eigenvalue weighted by Gasteiger charge is -2.16. The van der Waals surface area contributed by atoms with Gasteiger partial charge in [0.2, 0.25) is 5.89 Å². The molecule has 1 aliphatic heterocycles. The Morgan fingerprint density at radius 3 is 2.46 bits per heavy atom. The minimum Gasteiger partial charge on any atom is -0.489 e. The number of hydrogen-bond acceptors (Lipinski definition) is 6. The third-order valence-electron chi connectivity index (χ3n) is 6.44. The monoisotopic (exact) mass is 516 g/mol. The van der Waals surface area contributed by atoms with Gasteiger partial charge in [0.25, 0.3) is 11.8 Å². The van der Waals surface area contributed by atoms with Gasteiger partial charge in [0.1, 0.15) is 17.9 Å². The molecule has 190 valence electrons. The maximum absolute atomic E-state index is 13.2. The van der Waals surface area contributed by atoms with Gasteiger partial charge in [-0.2, -0.15) is 0 Å². The number of rotatable bonds is 7. The van der Waals surface area contributed by atoms with E-state index < -0.39 is 17.8 Å². The van der Waals surface area contributed by atoms with Crippen molar-refractivity contribution < 1.29 is 28.6 Å². The van der Waals surface area contributed by atoms with Crippen LogP contribution in [-0.2, 0) is 0 Å². The number of fused-ring (bicyclic) bond motifs is 2. The van der Waals surface area contributed by atoms with Crippen LogP contribution < -0.4 is 9.64 Å². The molecular formula is C31H20N2O6. The average Bonchev–Trinajstić information content (AvgIpc) is 3.50. The number of anilines is 1.